The molecule has 1 amide bonds. The molecule has 0 saturated heterocycles. The van der Waals surface area contributed by atoms with Gasteiger partial charge in [0, 0.05) is 17.7 Å². The molecule has 2 aromatic rings. The molecule has 5 nitrogen and oxygen atoms in total. The van der Waals surface area contributed by atoms with Crippen LogP contribution in [0.15, 0.2) is 36.4 Å². The molecule has 2 rings (SSSR count). The van der Waals surface area contributed by atoms with Crippen LogP contribution in [0, 0.1) is 24.0 Å². The average molecular weight is 305 g/mol. The van der Waals surface area contributed by atoms with Gasteiger partial charge < -0.3 is 5.32 Å². The van der Waals surface area contributed by atoms with Crippen molar-refractivity contribution in [2.75, 3.05) is 5.32 Å². The molecule has 108 valence electrons. The van der Waals surface area contributed by atoms with E-state index in [1.165, 1.54) is 18.2 Å². The minimum atomic E-state index is -0.495. The first-order chi connectivity index (χ1) is 9.88. The van der Waals surface area contributed by atoms with Crippen molar-refractivity contribution in [1.29, 1.82) is 0 Å². The van der Waals surface area contributed by atoms with Crippen molar-refractivity contribution in [3.63, 3.8) is 0 Å². The van der Waals surface area contributed by atoms with Gasteiger partial charge in [0.15, 0.2) is 0 Å². The van der Waals surface area contributed by atoms with Crippen molar-refractivity contribution in [3.8, 4) is 0 Å². The van der Waals surface area contributed by atoms with Crippen LogP contribution in [-0.2, 0) is 0 Å². The summed E-state index contributed by atoms with van der Waals surface area (Å²) in [6.45, 7) is 3.55. The van der Waals surface area contributed by atoms with Gasteiger partial charge in [-0.3, -0.25) is 14.9 Å². The third-order valence-electron chi connectivity index (χ3n) is 3.04. The average Bonchev–Trinajstić information content (AvgIpc) is 2.41. The van der Waals surface area contributed by atoms with Gasteiger partial charge in [-0.05, 0) is 43.2 Å². The summed E-state index contributed by atoms with van der Waals surface area (Å²) in [6.07, 6.45) is 0. The number of benzene rings is 2. The summed E-state index contributed by atoms with van der Waals surface area (Å²) in [6, 6.07) is 9.41. The van der Waals surface area contributed by atoms with E-state index in [0.29, 0.717) is 21.8 Å². The lowest BCUT2D eigenvalue weighted by molar-refractivity contribution is -0.384. The lowest BCUT2D eigenvalue weighted by Gasteiger charge is -2.09. The number of non-ortho nitro benzene ring substituents is 1. The van der Waals surface area contributed by atoms with E-state index in [-0.39, 0.29) is 11.6 Å². The number of nitrogens with one attached hydrogen (secondary N) is 1. The standard InChI is InChI=1S/C15H13ClN2O3/c1-9-3-6-14(13(16)7-9)17-15(19)12-5-4-11(18(20)21)8-10(12)2/h3-8H,1-2H3,(H,17,19). The summed E-state index contributed by atoms with van der Waals surface area (Å²) >= 11 is 6.06. The minimum Gasteiger partial charge on any atom is -0.321 e. The molecule has 0 aliphatic rings. The van der Waals surface area contributed by atoms with E-state index in [0.717, 1.165) is 5.56 Å². The van der Waals surface area contributed by atoms with Gasteiger partial charge in [0.05, 0.1) is 15.6 Å². The third kappa shape index (κ3) is 3.38. The van der Waals surface area contributed by atoms with Crippen molar-refractivity contribution in [1.82, 2.24) is 0 Å². The molecular formula is C15H13ClN2O3. The predicted molar refractivity (Wildman–Crippen MR) is 82.0 cm³/mol. The maximum Gasteiger partial charge on any atom is 0.269 e. The van der Waals surface area contributed by atoms with Gasteiger partial charge in [0.2, 0.25) is 0 Å². The lowest BCUT2D eigenvalue weighted by Crippen LogP contribution is -2.13. The van der Waals surface area contributed by atoms with Crippen molar-refractivity contribution < 1.29 is 9.72 Å². The maximum absolute atomic E-state index is 12.2. The van der Waals surface area contributed by atoms with Crippen LogP contribution < -0.4 is 5.32 Å². The number of nitro benzene ring substituents is 1. The van der Waals surface area contributed by atoms with Gasteiger partial charge in [-0.25, -0.2) is 0 Å². The third-order valence-corrected chi connectivity index (χ3v) is 3.35. The quantitative estimate of drug-likeness (QED) is 0.685. The Morgan fingerprint density at radius 3 is 2.48 bits per heavy atom. The Kier molecular flexibility index (Phi) is 4.23. The fourth-order valence-electron chi connectivity index (χ4n) is 1.93. The zero-order valence-electron chi connectivity index (χ0n) is 11.5. The molecule has 1 N–H and O–H groups in total. The second kappa shape index (κ2) is 5.93. The second-order valence-corrected chi connectivity index (χ2v) is 5.10. The van der Waals surface area contributed by atoms with Crippen LogP contribution in [0.5, 0.6) is 0 Å². The zero-order valence-corrected chi connectivity index (χ0v) is 12.3. The molecule has 0 aromatic heterocycles. The number of hydrogen-bond acceptors (Lipinski definition) is 3. The molecule has 0 aliphatic heterocycles. The topological polar surface area (TPSA) is 72.2 Å². The Morgan fingerprint density at radius 2 is 1.90 bits per heavy atom. The van der Waals surface area contributed by atoms with E-state index in [1.807, 2.05) is 13.0 Å². The van der Waals surface area contributed by atoms with Crippen molar-refractivity contribution >= 4 is 28.9 Å². The largest absolute Gasteiger partial charge is 0.321 e. The first kappa shape index (κ1) is 15.0. The Balaban J connectivity index is 2.26. The van der Waals surface area contributed by atoms with Gasteiger partial charge in [-0.1, -0.05) is 17.7 Å². The Labute approximate surface area is 126 Å². The second-order valence-electron chi connectivity index (χ2n) is 4.69. The van der Waals surface area contributed by atoms with Crippen molar-refractivity contribution in [2.24, 2.45) is 0 Å². The van der Waals surface area contributed by atoms with Gasteiger partial charge in [-0.15, -0.1) is 0 Å². The van der Waals surface area contributed by atoms with Gasteiger partial charge in [-0.2, -0.15) is 0 Å². The molecule has 21 heavy (non-hydrogen) atoms. The van der Waals surface area contributed by atoms with Crippen LogP contribution in [0.1, 0.15) is 21.5 Å². The Hall–Kier alpha value is -2.40. The van der Waals surface area contributed by atoms with E-state index >= 15 is 0 Å². The maximum atomic E-state index is 12.2. The van der Waals surface area contributed by atoms with E-state index in [9.17, 15) is 14.9 Å². The van der Waals surface area contributed by atoms with Crippen LogP contribution in [0.3, 0.4) is 0 Å². The first-order valence-electron chi connectivity index (χ1n) is 6.21. The number of carbonyl (C=O) groups excluding carboxylic acids is 1. The molecule has 0 radical (unpaired) electrons. The lowest BCUT2D eigenvalue weighted by atomic mass is 10.1. The summed E-state index contributed by atoms with van der Waals surface area (Å²) in [4.78, 5) is 22.4. The number of amides is 1. The van der Waals surface area contributed by atoms with Gasteiger partial charge in [0.1, 0.15) is 0 Å². The molecule has 0 atom stereocenters. The number of aryl methyl sites for hydroxylation is 2. The summed E-state index contributed by atoms with van der Waals surface area (Å²) in [5.74, 6) is -0.354. The summed E-state index contributed by atoms with van der Waals surface area (Å²) in [5.41, 5.74) is 2.36. The number of halogens is 1. The highest BCUT2D eigenvalue weighted by molar-refractivity contribution is 6.34. The van der Waals surface area contributed by atoms with Crippen molar-refractivity contribution in [2.45, 2.75) is 13.8 Å². The molecule has 0 fully saturated rings. The van der Waals surface area contributed by atoms with Gasteiger partial charge in [0.25, 0.3) is 11.6 Å². The smallest absolute Gasteiger partial charge is 0.269 e. The molecule has 0 bridgehead atoms. The predicted octanol–water partition coefficient (Wildman–Crippen LogP) is 4.12. The van der Waals surface area contributed by atoms with Crippen molar-refractivity contribution in [3.05, 3.63) is 68.2 Å². The first-order valence-corrected chi connectivity index (χ1v) is 6.59. The molecule has 0 unspecified atom stereocenters. The highest BCUT2D eigenvalue weighted by Crippen LogP contribution is 2.24. The van der Waals surface area contributed by atoms with Crippen LogP contribution in [0.2, 0.25) is 5.02 Å². The monoisotopic (exact) mass is 304 g/mol. The fraction of sp³-hybridized carbons (Fsp3) is 0.133. The normalized spacial score (nSPS) is 10.2. The Morgan fingerprint density at radius 1 is 1.19 bits per heavy atom. The number of anilines is 1. The van der Waals surface area contributed by atoms with E-state index in [4.69, 9.17) is 11.6 Å². The van der Waals surface area contributed by atoms with E-state index < -0.39 is 4.92 Å². The van der Waals surface area contributed by atoms with Crippen LogP contribution in [-0.4, -0.2) is 10.8 Å². The fourth-order valence-corrected chi connectivity index (χ4v) is 2.21. The summed E-state index contributed by atoms with van der Waals surface area (Å²) in [5, 5.41) is 13.8. The SMILES string of the molecule is Cc1ccc(NC(=O)c2ccc([N+](=O)[O-])cc2C)c(Cl)c1. The van der Waals surface area contributed by atoms with E-state index in [2.05, 4.69) is 5.32 Å². The number of nitro groups is 1. The number of hydrogen-bond donors (Lipinski definition) is 1. The molecular weight excluding hydrogens is 292 g/mol. The zero-order chi connectivity index (χ0) is 15.6. The van der Waals surface area contributed by atoms with Crippen LogP contribution in [0.4, 0.5) is 11.4 Å². The number of carbonyl (C=O) groups is 1. The summed E-state index contributed by atoms with van der Waals surface area (Å²) < 4.78 is 0. The highest BCUT2D eigenvalue weighted by Gasteiger charge is 2.14. The molecule has 0 heterocycles. The molecule has 0 saturated carbocycles. The van der Waals surface area contributed by atoms with Crippen LogP contribution in [0.25, 0.3) is 0 Å². The molecule has 0 aliphatic carbocycles. The number of rotatable bonds is 3. The Bertz CT molecular complexity index is 729. The number of nitrogens with zero attached hydrogens (tertiary/aromatic N) is 1. The van der Waals surface area contributed by atoms with Gasteiger partial charge >= 0.3 is 0 Å². The molecule has 6 heteroatoms. The highest BCUT2D eigenvalue weighted by atomic mass is 35.5. The summed E-state index contributed by atoms with van der Waals surface area (Å²) in [7, 11) is 0. The van der Waals surface area contributed by atoms with E-state index in [1.54, 1.807) is 19.1 Å². The van der Waals surface area contributed by atoms with Crippen LogP contribution >= 0.6 is 11.6 Å². The molecule has 2 aromatic carbocycles. The molecule has 0 spiro atoms. The minimum absolute atomic E-state index is 0.0441.